The number of carbonyl (C=O) groups excluding carboxylic acids is 1. The second kappa shape index (κ2) is 4.00. The molecule has 0 amide bonds. The monoisotopic (exact) mass is 231 g/mol. The highest BCUT2D eigenvalue weighted by molar-refractivity contribution is 7.52. The molecule has 15 heavy (non-hydrogen) atoms. The third-order valence-corrected chi connectivity index (χ3v) is 2.16. The van der Waals surface area contributed by atoms with Gasteiger partial charge < -0.3 is 14.5 Å². The van der Waals surface area contributed by atoms with E-state index in [1.807, 2.05) is 0 Å². The van der Waals surface area contributed by atoms with Gasteiger partial charge in [-0.25, -0.2) is 4.57 Å². The van der Waals surface area contributed by atoms with E-state index < -0.39 is 7.60 Å². The third-order valence-electron chi connectivity index (χ3n) is 1.62. The lowest BCUT2D eigenvalue weighted by Crippen LogP contribution is -1.97. The van der Waals surface area contributed by atoms with Gasteiger partial charge in [-0.1, -0.05) is 0 Å². The van der Waals surface area contributed by atoms with Gasteiger partial charge in [-0.2, -0.15) is 0 Å². The summed E-state index contributed by atoms with van der Waals surface area (Å²) in [6.07, 6.45) is 1.46. The summed E-state index contributed by atoms with van der Waals surface area (Å²) in [5, 5.41) is 9.43. The number of hydrogen-bond donors (Lipinski definition) is 2. The smallest absolute Gasteiger partial charge is 0.373 e. The summed E-state index contributed by atoms with van der Waals surface area (Å²) in [5.41, 5.74) is 0.0620. The molecule has 2 N–H and O–H groups in total. The van der Waals surface area contributed by atoms with Crippen LogP contribution in [0.15, 0.2) is 6.20 Å². The van der Waals surface area contributed by atoms with E-state index in [9.17, 15) is 14.5 Å². The predicted octanol–water partition coefficient (Wildman–Crippen LogP) is 1.10. The molecular formula is C8H10NO5P. The number of rotatable bonds is 3. The SMILES string of the molecule is Cc1ncc(OP(C)(=O)O)c(C=O)c1O. The first-order valence-corrected chi connectivity index (χ1v) is 6.01. The van der Waals surface area contributed by atoms with Crippen LogP contribution >= 0.6 is 7.60 Å². The topological polar surface area (TPSA) is 96.7 Å². The van der Waals surface area contributed by atoms with Gasteiger partial charge in [0.15, 0.2) is 17.8 Å². The van der Waals surface area contributed by atoms with Gasteiger partial charge in [0.2, 0.25) is 0 Å². The molecule has 0 saturated heterocycles. The van der Waals surface area contributed by atoms with Gasteiger partial charge in [-0.05, 0) is 6.92 Å². The lowest BCUT2D eigenvalue weighted by atomic mass is 10.2. The fourth-order valence-electron chi connectivity index (χ4n) is 0.967. The highest BCUT2D eigenvalue weighted by Gasteiger charge is 2.18. The first-order chi connectivity index (χ1) is 6.85. The minimum atomic E-state index is -3.77. The molecule has 0 spiro atoms. The molecule has 0 bridgehead atoms. The van der Waals surface area contributed by atoms with Crippen LogP contribution in [0.3, 0.4) is 0 Å². The van der Waals surface area contributed by atoms with Crippen LogP contribution < -0.4 is 4.52 Å². The van der Waals surface area contributed by atoms with Crippen LogP contribution in [0.2, 0.25) is 0 Å². The van der Waals surface area contributed by atoms with Crippen LogP contribution in [0.4, 0.5) is 0 Å². The molecule has 0 aliphatic heterocycles. The van der Waals surface area contributed by atoms with Gasteiger partial charge in [0.25, 0.3) is 0 Å². The molecule has 82 valence electrons. The number of carbonyl (C=O) groups is 1. The van der Waals surface area contributed by atoms with Gasteiger partial charge >= 0.3 is 7.60 Å². The number of aromatic nitrogens is 1. The Bertz CT molecular complexity index is 439. The lowest BCUT2D eigenvalue weighted by molar-refractivity contribution is 0.111. The Morgan fingerprint density at radius 3 is 2.67 bits per heavy atom. The second-order valence-electron chi connectivity index (χ2n) is 2.98. The molecule has 1 aromatic rings. The van der Waals surface area contributed by atoms with Crippen molar-refractivity contribution in [3.8, 4) is 11.5 Å². The van der Waals surface area contributed by atoms with E-state index in [0.29, 0.717) is 6.29 Å². The average molecular weight is 231 g/mol. The number of aryl methyl sites for hydroxylation is 1. The van der Waals surface area contributed by atoms with Crippen LogP contribution in [0.1, 0.15) is 16.1 Å². The summed E-state index contributed by atoms with van der Waals surface area (Å²) in [6.45, 7) is 2.47. The molecule has 1 unspecified atom stereocenters. The van der Waals surface area contributed by atoms with Crippen molar-refractivity contribution in [2.75, 3.05) is 6.66 Å². The largest absolute Gasteiger partial charge is 0.505 e. The van der Waals surface area contributed by atoms with E-state index in [2.05, 4.69) is 9.51 Å². The average Bonchev–Trinajstić information content (AvgIpc) is 2.10. The van der Waals surface area contributed by atoms with Gasteiger partial charge in [-0.15, -0.1) is 0 Å². The van der Waals surface area contributed by atoms with E-state index in [1.54, 1.807) is 0 Å². The number of pyridine rings is 1. The zero-order valence-corrected chi connectivity index (χ0v) is 9.06. The molecule has 0 aliphatic rings. The highest BCUT2D eigenvalue weighted by Crippen LogP contribution is 2.41. The summed E-state index contributed by atoms with van der Waals surface area (Å²) in [6, 6.07) is 0. The Morgan fingerprint density at radius 2 is 2.20 bits per heavy atom. The molecule has 1 aromatic heterocycles. The summed E-state index contributed by atoms with van der Waals surface area (Å²) < 4.78 is 15.6. The predicted molar refractivity (Wildman–Crippen MR) is 52.4 cm³/mol. The van der Waals surface area contributed by atoms with Crippen molar-refractivity contribution in [1.29, 1.82) is 0 Å². The molecule has 0 aromatic carbocycles. The maximum Gasteiger partial charge on any atom is 0.373 e. The van der Waals surface area contributed by atoms with Crippen LogP contribution in [-0.2, 0) is 4.57 Å². The van der Waals surface area contributed by atoms with Crippen LogP contribution in [0.25, 0.3) is 0 Å². The third kappa shape index (κ3) is 2.78. The van der Waals surface area contributed by atoms with Gasteiger partial charge in [0, 0.05) is 6.66 Å². The van der Waals surface area contributed by atoms with E-state index in [1.165, 1.54) is 6.92 Å². The maximum atomic E-state index is 11.0. The van der Waals surface area contributed by atoms with Crippen molar-refractivity contribution < 1.29 is 23.9 Å². The molecule has 1 heterocycles. The van der Waals surface area contributed by atoms with E-state index in [4.69, 9.17) is 4.89 Å². The first kappa shape index (κ1) is 11.7. The molecule has 7 heteroatoms. The van der Waals surface area contributed by atoms with Crippen molar-refractivity contribution in [1.82, 2.24) is 4.98 Å². The summed E-state index contributed by atoms with van der Waals surface area (Å²) >= 11 is 0. The van der Waals surface area contributed by atoms with Crippen LogP contribution in [0.5, 0.6) is 11.5 Å². The van der Waals surface area contributed by atoms with E-state index >= 15 is 0 Å². The summed E-state index contributed by atoms with van der Waals surface area (Å²) in [4.78, 5) is 23.3. The van der Waals surface area contributed by atoms with Crippen molar-refractivity contribution in [3.63, 3.8) is 0 Å². The highest BCUT2D eigenvalue weighted by atomic mass is 31.2. The molecule has 0 saturated carbocycles. The first-order valence-electron chi connectivity index (χ1n) is 3.98. The fourth-order valence-corrected chi connectivity index (χ4v) is 1.48. The maximum absolute atomic E-state index is 11.0. The summed E-state index contributed by atoms with van der Waals surface area (Å²) in [5.74, 6) is -0.558. The Labute approximate surface area is 86.1 Å². The fraction of sp³-hybridized carbons (Fsp3) is 0.250. The van der Waals surface area contributed by atoms with Crippen molar-refractivity contribution in [2.45, 2.75) is 6.92 Å². The van der Waals surface area contributed by atoms with Gasteiger partial charge in [0.05, 0.1) is 11.9 Å². The minimum absolute atomic E-state index is 0.182. The van der Waals surface area contributed by atoms with E-state index in [-0.39, 0.29) is 22.8 Å². The number of aromatic hydroxyl groups is 1. The number of nitrogens with zero attached hydrogens (tertiary/aromatic N) is 1. The molecular weight excluding hydrogens is 221 g/mol. The standard InChI is InChI=1S/C8H10NO5P/c1-5-8(11)6(4-10)7(3-9-5)14-15(2,12)13/h3-4,11H,1-2H3,(H,12,13). The summed E-state index contributed by atoms with van der Waals surface area (Å²) in [7, 11) is -3.77. The van der Waals surface area contributed by atoms with Crippen molar-refractivity contribution in [2.24, 2.45) is 0 Å². The Morgan fingerprint density at radius 1 is 1.60 bits per heavy atom. The Kier molecular flexibility index (Phi) is 3.12. The van der Waals surface area contributed by atoms with Crippen molar-refractivity contribution >= 4 is 13.9 Å². The second-order valence-corrected chi connectivity index (χ2v) is 4.77. The Hall–Kier alpha value is -1.39. The molecule has 0 fully saturated rings. The Balaban J connectivity index is 3.25. The van der Waals surface area contributed by atoms with Crippen LogP contribution in [-0.4, -0.2) is 27.9 Å². The molecule has 0 radical (unpaired) electrons. The quantitative estimate of drug-likeness (QED) is 0.597. The number of aldehydes is 1. The number of hydrogen-bond acceptors (Lipinski definition) is 5. The molecule has 1 rings (SSSR count). The molecule has 6 nitrogen and oxygen atoms in total. The van der Waals surface area contributed by atoms with Crippen LogP contribution in [0, 0.1) is 6.92 Å². The lowest BCUT2D eigenvalue weighted by Gasteiger charge is -2.11. The van der Waals surface area contributed by atoms with Gasteiger partial charge in [-0.3, -0.25) is 9.78 Å². The normalized spacial score (nSPS) is 14.3. The molecule has 0 aliphatic carbocycles. The molecule has 1 atom stereocenters. The van der Waals surface area contributed by atoms with Gasteiger partial charge in [0.1, 0.15) is 5.56 Å². The van der Waals surface area contributed by atoms with Crippen molar-refractivity contribution in [3.05, 3.63) is 17.5 Å². The zero-order chi connectivity index (χ0) is 11.6. The minimum Gasteiger partial charge on any atom is -0.505 e. The van der Waals surface area contributed by atoms with E-state index in [0.717, 1.165) is 12.9 Å². The zero-order valence-electron chi connectivity index (χ0n) is 8.17.